The van der Waals surface area contributed by atoms with E-state index in [1.54, 1.807) is 7.11 Å². The Hall–Kier alpha value is -4.65. The number of esters is 3. The number of H-pyrrole nitrogens is 1. The van der Waals surface area contributed by atoms with E-state index in [0.717, 1.165) is 65.9 Å². The molecule has 12 heteroatoms. The molecule has 9 atom stereocenters. The standard InChI is InChI=1S/C47H58N4O8/c1-8-29-22-30-25-46(42(53)58-10-3,38-32(16-20-50(26-29)27-30)31-14-11-12-15-35(31)48-38)34-23-33-36(24-37(34)56-6)49(5)40-45(33)18-21-51-19-13-17-44(9-2,39(45)51)41(59-28(4)52)47(40,55)43(54)57-7/h11-15,17,22-24,30,39-41,48,55H,8-10,16,18-21,25-27H2,1-7H3/t30-,39-,40?,41+,44+,45+,46-,47-/m0/s1. The molecule has 2 N–H and O–H groups in total. The van der Waals surface area contributed by atoms with Crippen LogP contribution >= 0.6 is 0 Å². The number of benzene rings is 2. The summed E-state index contributed by atoms with van der Waals surface area (Å²) >= 11 is 0. The van der Waals surface area contributed by atoms with Crippen LogP contribution in [0.25, 0.3) is 10.9 Å². The van der Waals surface area contributed by atoms with Gasteiger partial charge in [-0.05, 0) is 74.8 Å². The molecule has 2 unspecified atom stereocenters. The Bertz CT molecular complexity index is 2280. The first-order chi connectivity index (χ1) is 28.4. The van der Waals surface area contributed by atoms with E-state index in [1.807, 2.05) is 37.9 Å². The molecular formula is C47H58N4O8. The molecule has 1 saturated carbocycles. The maximum atomic E-state index is 15.5. The van der Waals surface area contributed by atoms with Crippen LogP contribution in [0.4, 0.5) is 5.69 Å². The van der Waals surface area contributed by atoms with E-state index in [9.17, 15) is 14.7 Å². The third-order valence-corrected chi connectivity index (χ3v) is 15.1. The molecule has 2 bridgehead atoms. The van der Waals surface area contributed by atoms with Gasteiger partial charge in [0.2, 0.25) is 5.60 Å². The smallest absolute Gasteiger partial charge is 0.344 e. The second-order valence-corrected chi connectivity index (χ2v) is 17.7. The number of aromatic amines is 1. The van der Waals surface area contributed by atoms with Gasteiger partial charge in [0.15, 0.2) is 6.10 Å². The molecule has 1 saturated heterocycles. The van der Waals surface area contributed by atoms with Crippen LogP contribution < -0.4 is 9.64 Å². The van der Waals surface area contributed by atoms with Gasteiger partial charge in [0.1, 0.15) is 11.2 Å². The highest BCUT2D eigenvalue weighted by molar-refractivity contribution is 5.95. The van der Waals surface area contributed by atoms with E-state index >= 15 is 4.79 Å². The van der Waals surface area contributed by atoms with Crippen molar-refractivity contribution in [3.05, 3.63) is 82.6 Å². The molecule has 2 aromatic carbocycles. The summed E-state index contributed by atoms with van der Waals surface area (Å²) < 4.78 is 24.3. The molecule has 3 aromatic rings. The lowest BCUT2D eigenvalue weighted by atomic mass is 9.47. The molecule has 59 heavy (non-hydrogen) atoms. The average molecular weight is 807 g/mol. The van der Waals surface area contributed by atoms with E-state index in [2.05, 4.69) is 64.2 Å². The molecule has 5 aliphatic heterocycles. The summed E-state index contributed by atoms with van der Waals surface area (Å²) in [5.74, 6) is -1.26. The summed E-state index contributed by atoms with van der Waals surface area (Å²) in [5.41, 5.74) is 1.15. The van der Waals surface area contributed by atoms with E-state index < -0.39 is 45.9 Å². The van der Waals surface area contributed by atoms with Crippen molar-refractivity contribution < 1.29 is 38.4 Å². The number of aromatic nitrogens is 1. The van der Waals surface area contributed by atoms with Gasteiger partial charge in [0.05, 0.1) is 26.9 Å². The molecule has 2 fully saturated rings. The number of anilines is 1. The van der Waals surface area contributed by atoms with Gasteiger partial charge in [-0.15, -0.1) is 0 Å². The monoisotopic (exact) mass is 806 g/mol. The Morgan fingerprint density at radius 3 is 2.53 bits per heavy atom. The number of carbonyl (C=O) groups is 3. The van der Waals surface area contributed by atoms with Gasteiger partial charge < -0.3 is 33.9 Å². The van der Waals surface area contributed by atoms with Gasteiger partial charge in [-0.2, -0.15) is 0 Å². The summed E-state index contributed by atoms with van der Waals surface area (Å²) in [6.07, 6.45) is 8.46. The molecule has 1 aliphatic carbocycles. The fourth-order valence-electron chi connectivity index (χ4n) is 13.1. The van der Waals surface area contributed by atoms with E-state index in [4.69, 9.17) is 18.9 Å². The number of fused-ring (bicyclic) bond motifs is 6. The van der Waals surface area contributed by atoms with Gasteiger partial charge >= 0.3 is 17.9 Å². The largest absolute Gasteiger partial charge is 0.496 e. The summed E-state index contributed by atoms with van der Waals surface area (Å²) in [6.45, 7) is 11.5. The third kappa shape index (κ3) is 5.27. The summed E-state index contributed by atoms with van der Waals surface area (Å²) in [5, 5.41) is 14.4. The minimum absolute atomic E-state index is 0.0220. The number of carbonyl (C=O) groups excluding carboxylic acids is 3. The lowest BCUT2D eigenvalue weighted by Gasteiger charge is -2.63. The number of nitrogens with one attached hydrogen (secondary N) is 1. The number of hydrogen-bond donors (Lipinski definition) is 2. The molecule has 314 valence electrons. The maximum Gasteiger partial charge on any atom is 0.344 e. The van der Waals surface area contributed by atoms with Crippen LogP contribution in [0.1, 0.15) is 75.8 Å². The summed E-state index contributed by atoms with van der Waals surface area (Å²) in [6, 6.07) is 11.2. The van der Waals surface area contributed by atoms with Gasteiger partial charge in [0, 0.05) is 90.9 Å². The van der Waals surface area contributed by atoms with Gasteiger partial charge in [-0.3, -0.25) is 19.4 Å². The lowest BCUT2D eigenvalue weighted by Crippen LogP contribution is -2.81. The molecule has 12 nitrogen and oxygen atoms in total. The zero-order chi connectivity index (χ0) is 41.6. The molecule has 1 aromatic heterocycles. The minimum atomic E-state index is -2.28. The maximum absolute atomic E-state index is 15.5. The van der Waals surface area contributed by atoms with Crippen molar-refractivity contribution in [3.63, 3.8) is 0 Å². The first-order valence-electron chi connectivity index (χ1n) is 21.4. The van der Waals surface area contributed by atoms with Crippen molar-refractivity contribution in [1.82, 2.24) is 14.8 Å². The first kappa shape index (κ1) is 39.8. The molecule has 9 rings (SSSR count). The third-order valence-electron chi connectivity index (χ3n) is 15.1. The predicted octanol–water partition coefficient (Wildman–Crippen LogP) is 5.19. The van der Waals surface area contributed by atoms with Crippen molar-refractivity contribution in [2.75, 3.05) is 65.5 Å². The fraction of sp³-hybridized carbons (Fsp3) is 0.553. The highest BCUT2D eigenvalue weighted by Crippen LogP contribution is 2.68. The van der Waals surface area contributed by atoms with Crippen LogP contribution in [0.2, 0.25) is 0 Å². The van der Waals surface area contributed by atoms with Crippen LogP contribution in [0.15, 0.2) is 60.2 Å². The van der Waals surface area contributed by atoms with Crippen LogP contribution in [0.3, 0.4) is 0 Å². The number of nitrogens with zero attached hydrogens (tertiary/aromatic N) is 3. The first-order valence-corrected chi connectivity index (χ1v) is 21.4. The quantitative estimate of drug-likeness (QED) is 0.177. The van der Waals surface area contributed by atoms with Crippen molar-refractivity contribution in [3.8, 4) is 5.75 Å². The minimum Gasteiger partial charge on any atom is -0.496 e. The van der Waals surface area contributed by atoms with Gasteiger partial charge in [0.25, 0.3) is 0 Å². The highest BCUT2D eigenvalue weighted by Gasteiger charge is 2.80. The number of ether oxygens (including phenoxy) is 4. The zero-order valence-electron chi connectivity index (χ0n) is 35.4. The number of hydrogen-bond acceptors (Lipinski definition) is 11. The molecule has 6 aliphatic rings. The average Bonchev–Trinajstić information content (AvgIpc) is 3.90. The fourth-order valence-corrected chi connectivity index (χ4v) is 13.1. The Morgan fingerprint density at radius 2 is 1.81 bits per heavy atom. The number of likely N-dealkylation sites (N-methyl/N-ethyl adjacent to an activating group) is 1. The van der Waals surface area contributed by atoms with E-state index in [0.29, 0.717) is 43.7 Å². The summed E-state index contributed by atoms with van der Waals surface area (Å²) in [7, 11) is 4.79. The molecule has 0 amide bonds. The summed E-state index contributed by atoms with van der Waals surface area (Å²) in [4.78, 5) is 53.7. The number of rotatable bonds is 8. The second kappa shape index (κ2) is 14.2. The normalized spacial score (nSPS) is 34.3. The van der Waals surface area contributed by atoms with Crippen molar-refractivity contribution >= 4 is 34.5 Å². The predicted molar refractivity (Wildman–Crippen MR) is 224 cm³/mol. The van der Waals surface area contributed by atoms with Gasteiger partial charge in [-0.1, -0.05) is 55.8 Å². The van der Waals surface area contributed by atoms with Crippen LogP contribution in [-0.2, 0) is 45.8 Å². The Labute approximate surface area is 346 Å². The van der Waals surface area contributed by atoms with Crippen LogP contribution in [0, 0.1) is 11.3 Å². The van der Waals surface area contributed by atoms with Gasteiger partial charge in [-0.25, -0.2) is 4.79 Å². The van der Waals surface area contributed by atoms with E-state index in [-0.39, 0.29) is 24.5 Å². The topological polar surface area (TPSA) is 134 Å². The molecule has 0 radical (unpaired) electrons. The number of para-hydroxylation sites is 1. The lowest BCUT2D eigenvalue weighted by molar-refractivity contribution is -0.228. The molecular weight excluding hydrogens is 749 g/mol. The Morgan fingerprint density at radius 1 is 1.02 bits per heavy atom. The SMILES string of the molecule is CCOC(=O)[C@]1(c2cc3c(cc2OC)N(C)C2[C@]34CCN3CC=C[C@@](CC)([C@@H](OC(C)=O)[C@]2(O)C(=O)OC)[C@H]34)C[C@@H]2C=C(CC)CN(CCc3c1[nH]c1ccccc31)C2. The second-order valence-electron chi connectivity index (χ2n) is 17.7. The number of methoxy groups -OCH3 is 2. The number of aliphatic hydroxyl groups is 1. The molecule has 1 spiro atoms. The Balaban J connectivity index is 1.38. The highest BCUT2D eigenvalue weighted by atomic mass is 16.6. The Kier molecular flexibility index (Phi) is 9.60. The van der Waals surface area contributed by atoms with E-state index in [1.165, 1.54) is 19.6 Å². The zero-order valence-corrected chi connectivity index (χ0v) is 35.4. The van der Waals surface area contributed by atoms with Crippen molar-refractivity contribution in [1.29, 1.82) is 0 Å². The van der Waals surface area contributed by atoms with Crippen LogP contribution in [0.5, 0.6) is 5.75 Å². The van der Waals surface area contributed by atoms with Crippen LogP contribution in [-0.4, -0.2) is 122 Å². The van der Waals surface area contributed by atoms with Crippen molar-refractivity contribution in [2.45, 2.75) is 94.4 Å². The van der Waals surface area contributed by atoms with Crippen molar-refractivity contribution in [2.24, 2.45) is 11.3 Å². The molecule has 6 heterocycles.